The Kier molecular flexibility index (Phi) is 8.58. The summed E-state index contributed by atoms with van der Waals surface area (Å²) in [4.78, 5) is 0. The van der Waals surface area contributed by atoms with Crippen molar-refractivity contribution in [1.82, 2.24) is 0 Å². The smallest absolute Gasteiger partial charge is 0.130 e. The van der Waals surface area contributed by atoms with Crippen molar-refractivity contribution in [1.29, 1.82) is 10.5 Å². The molecular weight excluding hydrogens is 516 g/mol. The van der Waals surface area contributed by atoms with E-state index in [1.54, 1.807) is 20.3 Å². The minimum atomic E-state index is 0.0797. The summed E-state index contributed by atoms with van der Waals surface area (Å²) in [5, 5.41) is 18.1. The average molecular weight is 545 g/mol. The lowest BCUT2D eigenvalue weighted by Gasteiger charge is -2.19. The monoisotopic (exact) mass is 544 g/mol. The van der Waals surface area contributed by atoms with Gasteiger partial charge in [-0.2, -0.15) is 10.5 Å². The molecule has 0 fully saturated rings. The van der Waals surface area contributed by atoms with Crippen LogP contribution in [0.3, 0.4) is 0 Å². The van der Waals surface area contributed by atoms with Crippen LogP contribution < -0.4 is 9.47 Å². The highest BCUT2D eigenvalue weighted by Gasteiger charge is 2.17. The molecule has 4 nitrogen and oxygen atoms in total. The van der Waals surface area contributed by atoms with Gasteiger partial charge >= 0.3 is 0 Å². The Balaban J connectivity index is 1.65. The van der Waals surface area contributed by atoms with E-state index in [0.29, 0.717) is 0 Å². The van der Waals surface area contributed by atoms with Crippen LogP contribution in [0, 0.1) is 22.7 Å². The van der Waals surface area contributed by atoms with Gasteiger partial charge in [0.15, 0.2) is 0 Å². The van der Waals surface area contributed by atoms with Crippen LogP contribution in [0.4, 0.5) is 0 Å². The average Bonchev–Trinajstić information content (AvgIpc) is 3.07. The van der Waals surface area contributed by atoms with Crippen molar-refractivity contribution in [2.75, 3.05) is 14.2 Å². The second kappa shape index (κ2) is 13.0. The summed E-state index contributed by atoms with van der Waals surface area (Å²) in [6, 6.07) is 46.9. The second-order valence-electron chi connectivity index (χ2n) is 9.55. The van der Waals surface area contributed by atoms with Gasteiger partial charge in [-0.25, -0.2) is 0 Å². The highest BCUT2D eigenvalue weighted by atomic mass is 16.5. The number of nitrogens with zero attached hydrogens (tertiary/aromatic N) is 2. The third-order valence-electron chi connectivity index (χ3n) is 7.04. The fourth-order valence-electron chi connectivity index (χ4n) is 4.89. The molecular formula is C38H28N2O2. The number of allylic oxidation sites excluding steroid dienone is 1. The predicted octanol–water partition coefficient (Wildman–Crippen LogP) is 8.81. The molecule has 0 N–H and O–H groups in total. The Morgan fingerprint density at radius 3 is 1.29 bits per heavy atom. The largest absolute Gasteiger partial charge is 0.497 e. The maximum Gasteiger partial charge on any atom is 0.130 e. The van der Waals surface area contributed by atoms with E-state index in [9.17, 15) is 0 Å². The third kappa shape index (κ3) is 6.15. The van der Waals surface area contributed by atoms with Gasteiger partial charge in [0.1, 0.15) is 29.2 Å². The minimum absolute atomic E-state index is 0.0797. The van der Waals surface area contributed by atoms with Gasteiger partial charge in [0.2, 0.25) is 0 Å². The summed E-state index contributed by atoms with van der Waals surface area (Å²) in [6.45, 7) is 0. The fraction of sp³-hybridized carbons (Fsp3) is 0.0526. The molecule has 5 rings (SSSR count). The molecule has 0 amide bonds. The standard InChI is InChI=1S/C38H28N2O2/c1-41-35-20-16-33(17-21-35)37(31-6-4-3-5-7-31)38(34-18-22-36(42-2)23-19-34)32-14-12-30(13-15-32)29-10-8-27(9-11-29)24-28(25-39)26-40/h3-24H,1-2H3/b38-37-. The SMILES string of the molecule is COc1ccc(/C(=C(\c2ccc(OC)cc2)c2ccc(-c3ccc(C=C(C#N)C#N)cc3)cc2)c2ccccc2)cc1. The summed E-state index contributed by atoms with van der Waals surface area (Å²) in [6.07, 6.45) is 1.59. The first kappa shape index (κ1) is 27.7. The van der Waals surface area contributed by atoms with E-state index in [-0.39, 0.29) is 5.57 Å². The number of ether oxygens (including phenoxy) is 2. The van der Waals surface area contributed by atoms with Crippen LogP contribution in [0.5, 0.6) is 11.5 Å². The maximum absolute atomic E-state index is 9.05. The molecule has 0 aromatic heterocycles. The molecule has 42 heavy (non-hydrogen) atoms. The van der Waals surface area contributed by atoms with Gasteiger partial charge in [0, 0.05) is 0 Å². The molecule has 0 unspecified atom stereocenters. The zero-order valence-electron chi connectivity index (χ0n) is 23.4. The number of hydrogen-bond donors (Lipinski definition) is 0. The van der Waals surface area contributed by atoms with Gasteiger partial charge in [-0.1, -0.05) is 103 Å². The van der Waals surface area contributed by atoms with Gasteiger partial charge in [0.05, 0.1) is 14.2 Å². The number of nitriles is 2. The van der Waals surface area contributed by atoms with Crippen molar-refractivity contribution in [2.45, 2.75) is 0 Å². The molecule has 0 aliphatic heterocycles. The molecule has 0 saturated heterocycles. The second-order valence-corrected chi connectivity index (χ2v) is 9.55. The van der Waals surface area contributed by atoms with E-state index >= 15 is 0 Å². The summed E-state index contributed by atoms with van der Waals surface area (Å²) in [7, 11) is 3.35. The third-order valence-corrected chi connectivity index (χ3v) is 7.04. The maximum atomic E-state index is 9.05. The Bertz CT molecular complexity index is 1790. The quantitative estimate of drug-likeness (QED) is 0.145. The van der Waals surface area contributed by atoms with E-state index < -0.39 is 0 Å². The molecule has 0 heterocycles. The zero-order chi connectivity index (χ0) is 29.3. The molecule has 202 valence electrons. The van der Waals surface area contributed by atoms with E-state index in [0.717, 1.165) is 61.6 Å². The predicted molar refractivity (Wildman–Crippen MR) is 169 cm³/mol. The summed E-state index contributed by atoms with van der Waals surface area (Å²) >= 11 is 0. The summed E-state index contributed by atoms with van der Waals surface area (Å²) < 4.78 is 10.9. The van der Waals surface area contributed by atoms with Crippen LogP contribution in [0.1, 0.15) is 27.8 Å². The van der Waals surface area contributed by atoms with Crippen LogP contribution in [0.25, 0.3) is 28.3 Å². The van der Waals surface area contributed by atoms with E-state index in [4.69, 9.17) is 20.0 Å². The Hall–Kier alpha value is -5.84. The molecule has 0 saturated carbocycles. The lowest BCUT2D eigenvalue weighted by molar-refractivity contribution is 0.414. The Labute approximate surface area is 246 Å². The summed E-state index contributed by atoms with van der Waals surface area (Å²) in [5.74, 6) is 1.61. The van der Waals surface area contributed by atoms with Gasteiger partial charge in [0.25, 0.3) is 0 Å². The van der Waals surface area contributed by atoms with Gasteiger partial charge < -0.3 is 9.47 Å². The van der Waals surface area contributed by atoms with Crippen LogP contribution >= 0.6 is 0 Å². The molecule has 5 aromatic rings. The van der Waals surface area contributed by atoms with Crippen LogP contribution in [-0.4, -0.2) is 14.2 Å². The first-order valence-corrected chi connectivity index (χ1v) is 13.4. The number of rotatable bonds is 8. The lowest BCUT2D eigenvalue weighted by Crippen LogP contribution is -1.98. The molecule has 4 heteroatoms. The molecule has 0 radical (unpaired) electrons. The molecule has 5 aromatic carbocycles. The summed E-state index contributed by atoms with van der Waals surface area (Å²) in [5.41, 5.74) is 9.54. The molecule has 0 atom stereocenters. The molecule has 0 aliphatic rings. The van der Waals surface area contributed by atoms with Crippen LogP contribution in [-0.2, 0) is 0 Å². The number of methoxy groups -OCH3 is 2. The number of benzene rings is 5. The van der Waals surface area contributed by atoms with E-state index in [1.807, 2.05) is 66.7 Å². The normalized spacial score (nSPS) is 11.0. The zero-order valence-corrected chi connectivity index (χ0v) is 23.4. The van der Waals surface area contributed by atoms with Crippen molar-refractivity contribution in [3.63, 3.8) is 0 Å². The molecule has 0 aliphatic carbocycles. The lowest BCUT2D eigenvalue weighted by atomic mass is 9.85. The highest BCUT2D eigenvalue weighted by molar-refractivity contribution is 6.04. The van der Waals surface area contributed by atoms with Gasteiger partial charge in [-0.05, 0) is 80.4 Å². The van der Waals surface area contributed by atoms with E-state index in [2.05, 4.69) is 72.8 Å². The van der Waals surface area contributed by atoms with Gasteiger partial charge in [-0.15, -0.1) is 0 Å². The van der Waals surface area contributed by atoms with Crippen LogP contribution in [0.2, 0.25) is 0 Å². The van der Waals surface area contributed by atoms with Crippen molar-refractivity contribution in [3.05, 3.63) is 161 Å². The van der Waals surface area contributed by atoms with Gasteiger partial charge in [-0.3, -0.25) is 0 Å². The van der Waals surface area contributed by atoms with Crippen molar-refractivity contribution in [2.24, 2.45) is 0 Å². The fourth-order valence-corrected chi connectivity index (χ4v) is 4.89. The minimum Gasteiger partial charge on any atom is -0.497 e. The first-order chi connectivity index (χ1) is 20.6. The van der Waals surface area contributed by atoms with Crippen molar-refractivity contribution < 1.29 is 9.47 Å². The topological polar surface area (TPSA) is 66.0 Å². The highest BCUT2D eigenvalue weighted by Crippen LogP contribution is 2.38. The number of hydrogen-bond acceptors (Lipinski definition) is 4. The Morgan fingerprint density at radius 1 is 0.500 bits per heavy atom. The Morgan fingerprint density at radius 2 is 0.881 bits per heavy atom. The van der Waals surface area contributed by atoms with Crippen molar-refractivity contribution >= 4 is 17.2 Å². The van der Waals surface area contributed by atoms with E-state index in [1.165, 1.54) is 0 Å². The van der Waals surface area contributed by atoms with Crippen LogP contribution in [0.15, 0.2) is 133 Å². The van der Waals surface area contributed by atoms with Crippen molar-refractivity contribution in [3.8, 4) is 34.8 Å². The first-order valence-electron chi connectivity index (χ1n) is 13.4. The molecule has 0 spiro atoms. The molecule has 0 bridgehead atoms.